The lowest BCUT2D eigenvalue weighted by molar-refractivity contribution is -0.384. The van der Waals surface area contributed by atoms with E-state index in [1.54, 1.807) is 0 Å². The summed E-state index contributed by atoms with van der Waals surface area (Å²) in [6.45, 7) is 3.15. The molecule has 0 unspecified atom stereocenters. The molecule has 2 aromatic rings. The molecule has 1 heterocycles. The standard InChI is InChI=1S/C17H18N4O6S/c1-10-6-11(2)19-17(18-10)28-9-16(23)27-8-15(22)20-13-5-4-12(21(24)25)7-14(13)26-3/h4-7H,8-9H2,1-3H3,(H,20,22). The number of nitro groups is 1. The van der Waals surface area contributed by atoms with Crippen molar-refractivity contribution in [1.82, 2.24) is 9.97 Å². The van der Waals surface area contributed by atoms with Crippen LogP contribution in [0.3, 0.4) is 0 Å². The number of methoxy groups -OCH3 is 1. The summed E-state index contributed by atoms with van der Waals surface area (Å²) in [6.07, 6.45) is 0. The third-order valence-corrected chi connectivity index (χ3v) is 4.14. The Balaban J connectivity index is 1.85. The second kappa shape index (κ2) is 9.65. The average Bonchev–Trinajstić information content (AvgIpc) is 2.64. The summed E-state index contributed by atoms with van der Waals surface area (Å²) in [5.74, 6) is -1.13. The van der Waals surface area contributed by atoms with E-state index in [0.29, 0.717) is 5.16 Å². The van der Waals surface area contributed by atoms with Crippen molar-refractivity contribution in [2.45, 2.75) is 19.0 Å². The fourth-order valence-corrected chi connectivity index (χ4v) is 2.90. The van der Waals surface area contributed by atoms with Crippen LogP contribution in [0.4, 0.5) is 11.4 Å². The van der Waals surface area contributed by atoms with E-state index < -0.39 is 23.4 Å². The molecule has 0 radical (unpaired) electrons. The Morgan fingerprint density at radius 1 is 1.21 bits per heavy atom. The fraction of sp³-hybridized carbons (Fsp3) is 0.294. The first-order valence-corrected chi connectivity index (χ1v) is 9.00. The normalized spacial score (nSPS) is 10.2. The van der Waals surface area contributed by atoms with E-state index in [1.807, 2.05) is 19.9 Å². The predicted molar refractivity (Wildman–Crippen MR) is 101 cm³/mol. The maximum Gasteiger partial charge on any atom is 0.316 e. The SMILES string of the molecule is COc1cc([N+](=O)[O-])ccc1NC(=O)COC(=O)CSc1nc(C)cc(C)n1. The highest BCUT2D eigenvalue weighted by Crippen LogP contribution is 2.28. The van der Waals surface area contributed by atoms with Crippen molar-refractivity contribution in [1.29, 1.82) is 0 Å². The van der Waals surface area contributed by atoms with Crippen molar-refractivity contribution in [3.63, 3.8) is 0 Å². The molecule has 0 spiro atoms. The first kappa shape index (κ1) is 21.1. The molecule has 0 fully saturated rings. The lowest BCUT2D eigenvalue weighted by atomic mass is 10.2. The maximum atomic E-state index is 12.0. The number of hydrogen-bond donors (Lipinski definition) is 1. The van der Waals surface area contributed by atoms with Crippen LogP contribution in [0.25, 0.3) is 0 Å². The van der Waals surface area contributed by atoms with Crippen LogP contribution in [0.15, 0.2) is 29.4 Å². The fourth-order valence-electron chi connectivity index (χ4n) is 2.15. The molecule has 11 heteroatoms. The van der Waals surface area contributed by atoms with Gasteiger partial charge in [0, 0.05) is 17.5 Å². The molecule has 2 rings (SSSR count). The Bertz CT molecular complexity index is 885. The van der Waals surface area contributed by atoms with Crippen molar-refractivity contribution in [2.24, 2.45) is 0 Å². The molecule has 1 aromatic heterocycles. The second-order valence-electron chi connectivity index (χ2n) is 5.57. The topological polar surface area (TPSA) is 134 Å². The van der Waals surface area contributed by atoms with Gasteiger partial charge in [0.15, 0.2) is 11.8 Å². The van der Waals surface area contributed by atoms with Crippen LogP contribution in [-0.4, -0.2) is 46.2 Å². The Morgan fingerprint density at radius 3 is 2.50 bits per heavy atom. The second-order valence-corrected chi connectivity index (χ2v) is 6.52. The van der Waals surface area contributed by atoms with Crippen molar-refractivity contribution >= 4 is 35.0 Å². The zero-order valence-electron chi connectivity index (χ0n) is 15.4. The molecule has 0 atom stereocenters. The number of benzene rings is 1. The summed E-state index contributed by atoms with van der Waals surface area (Å²) in [5, 5.41) is 13.7. The largest absolute Gasteiger partial charge is 0.494 e. The molecule has 0 aliphatic heterocycles. The zero-order valence-corrected chi connectivity index (χ0v) is 16.2. The number of carbonyl (C=O) groups is 2. The number of aryl methyl sites for hydroxylation is 2. The molecule has 28 heavy (non-hydrogen) atoms. The number of thioether (sulfide) groups is 1. The van der Waals surface area contributed by atoms with Gasteiger partial charge in [-0.05, 0) is 26.0 Å². The van der Waals surface area contributed by atoms with Crippen LogP contribution >= 0.6 is 11.8 Å². The van der Waals surface area contributed by atoms with Crippen LogP contribution in [0, 0.1) is 24.0 Å². The van der Waals surface area contributed by atoms with Gasteiger partial charge in [-0.1, -0.05) is 11.8 Å². The van der Waals surface area contributed by atoms with Crippen LogP contribution < -0.4 is 10.1 Å². The number of hydrogen-bond acceptors (Lipinski definition) is 9. The molecule has 1 amide bonds. The van der Waals surface area contributed by atoms with E-state index in [-0.39, 0.29) is 22.9 Å². The van der Waals surface area contributed by atoms with Crippen molar-refractivity contribution in [3.05, 3.63) is 45.8 Å². The van der Waals surface area contributed by atoms with E-state index in [2.05, 4.69) is 15.3 Å². The zero-order chi connectivity index (χ0) is 20.7. The van der Waals surface area contributed by atoms with Gasteiger partial charge in [0.05, 0.1) is 29.5 Å². The Morgan fingerprint density at radius 2 is 1.89 bits per heavy atom. The van der Waals surface area contributed by atoms with Crippen LogP contribution in [0.1, 0.15) is 11.4 Å². The summed E-state index contributed by atoms with van der Waals surface area (Å²) in [4.78, 5) is 42.4. The number of rotatable bonds is 8. The molecule has 10 nitrogen and oxygen atoms in total. The molecule has 0 saturated heterocycles. The number of esters is 1. The highest BCUT2D eigenvalue weighted by molar-refractivity contribution is 7.99. The van der Waals surface area contributed by atoms with Crippen molar-refractivity contribution < 1.29 is 24.0 Å². The average molecular weight is 406 g/mol. The smallest absolute Gasteiger partial charge is 0.316 e. The number of carbonyl (C=O) groups excluding carboxylic acids is 2. The van der Waals surface area contributed by atoms with E-state index in [4.69, 9.17) is 9.47 Å². The third-order valence-electron chi connectivity index (χ3n) is 3.32. The molecular formula is C17H18N4O6S. The van der Waals surface area contributed by atoms with E-state index in [1.165, 1.54) is 25.3 Å². The molecule has 0 aliphatic carbocycles. The molecule has 1 aromatic carbocycles. The van der Waals surface area contributed by atoms with Crippen molar-refractivity contribution in [2.75, 3.05) is 24.8 Å². The number of nitrogens with one attached hydrogen (secondary N) is 1. The lowest BCUT2D eigenvalue weighted by Gasteiger charge is -2.10. The highest BCUT2D eigenvalue weighted by Gasteiger charge is 2.15. The molecule has 0 bridgehead atoms. The van der Waals surface area contributed by atoms with Gasteiger partial charge in [-0.15, -0.1) is 0 Å². The minimum Gasteiger partial charge on any atom is -0.494 e. The van der Waals surface area contributed by atoms with Gasteiger partial charge in [0.2, 0.25) is 0 Å². The molecule has 1 N–H and O–H groups in total. The minimum absolute atomic E-state index is 0.0446. The number of ether oxygens (including phenoxy) is 2. The van der Waals surface area contributed by atoms with Crippen LogP contribution in [-0.2, 0) is 14.3 Å². The number of nitro benzene ring substituents is 1. The Hall–Kier alpha value is -3.21. The van der Waals surface area contributed by atoms with E-state index >= 15 is 0 Å². The van der Waals surface area contributed by atoms with Gasteiger partial charge in [0.1, 0.15) is 5.75 Å². The number of aromatic nitrogens is 2. The molecule has 148 valence electrons. The Labute approximate surface area is 164 Å². The number of non-ortho nitro benzene ring substituents is 1. The predicted octanol–water partition coefficient (Wildman–Crippen LogP) is 2.28. The number of amides is 1. The third kappa shape index (κ3) is 6.20. The van der Waals surface area contributed by atoms with Crippen LogP contribution in [0.5, 0.6) is 5.75 Å². The number of anilines is 1. The van der Waals surface area contributed by atoms with E-state index in [9.17, 15) is 19.7 Å². The van der Waals surface area contributed by atoms with Gasteiger partial charge >= 0.3 is 5.97 Å². The van der Waals surface area contributed by atoms with Gasteiger partial charge in [-0.3, -0.25) is 19.7 Å². The summed E-state index contributed by atoms with van der Waals surface area (Å²) in [5.41, 5.74) is 1.64. The van der Waals surface area contributed by atoms with Gasteiger partial charge in [-0.25, -0.2) is 9.97 Å². The van der Waals surface area contributed by atoms with Crippen molar-refractivity contribution in [3.8, 4) is 5.75 Å². The first-order chi connectivity index (χ1) is 13.3. The summed E-state index contributed by atoms with van der Waals surface area (Å²) < 4.78 is 9.94. The molecular weight excluding hydrogens is 388 g/mol. The maximum absolute atomic E-state index is 12.0. The number of nitrogens with zero attached hydrogens (tertiary/aromatic N) is 3. The quantitative estimate of drug-likeness (QED) is 0.230. The highest BCUT2D eigenvalue weighted by atomic mass is 32.2. The monoisotopic (exact) mass is 406 g/mol. The van der Waals surface area contributed by atoms with Gasteiger partial charge < -0.3 is 14.8 Å². The van der Waals surface area contributed by atoms with Gasteiger partial charge in [-0.2, -0.15) is 0 Å². The Kier molecular flexibility index (Phi) is 7.27. The van der Waals surface area contributed by atoms with Crippen LogP contribution in [0.2, 0.25) is 0 Å². The summed E-state index contributed by atoms with van der Waals surface area (Å²) in [7, 11) is 1.32. The lowest BCUT2D eigenvalue weighted by Crippen LogP contribution is -2.22. The van der Waals surface area contributed by atoms with E-state index in [0.717, 1.165) is 23.1 Å². The molecule has 0 aliphatic rings. The summed E-state index contributed by atoms with van der Waals surface area (Å²) in [6, 6.07) is 5.57. The van der Waals surface area contributed by atoms with Gasteiger partial charge in [0.25, 0.3) is 11.6 Å². The summed E-state index contributed by atoms with van der Waals surface area (Å²) >= 11 is 1.11. The first-order valence-electron chi connectivity index (χ1n) is 8.01. The molecule has 0 saturated carbocycles. The minimum atomic E-state index is -0.604.